The SMILES string of the molecule is NC1CCN(C(=O)N2CCC(C(=O)O)(C(F)(F)F)C2)CC1. The van der Waals surface area contributed by atoms with E-state index in [1.807, 2.05) is 0 Å². The summed E-state index contributed by atoms with van der Waals surface area (Å²) in [5.74, 6) is -1.93. The van der Waals surface area contributed by atoms with Crippen molar-refractivity contribution in [3.63, 3.8) is 0 Å². The summed E-state index contributed by atoms with van der Waals surface area (Å²) < 4.78 is 39.1. The van der Waals surface area contributed by atoms with Crippen LogP contribution < -0.4 is 5.73 Å². The maximum absolute atomic E-state index is 13.0. The van der Waals surface area contributed by atoms with E-state index in [0.717, 1.165) is 4.90 Å². The van der Waals surface area contributed by atoms with Gasteiger partial charge >= 0.3 is 18.2 Å². The summed E-state index contributed by atoms with van der Waals surface area (Å²) in [4.78, 5) is 25.7. The molecule has 2 fully saturated rings. The molecule has 0 spiro atoms. The van der Waals surface area contributed by atoms with Gasteiger partial charge in [0.15, 0.2) is 5.41 Å². The second-order valence-corrected chi connectivity index (χ2v) is 5.66. The fourth-order valence-corrected chi connectivity index (χ4v) is 2.79. The zero-order valence-corrected chi connectivity index (χ0v) is 11.4. The summed E-state index contributed by atoms with van der Waals surface area (Å²) in [6, 6.07) is -0.532. The molecule has 0 aromatic heterocycles. The number of likely N-dealkylation sites (tertiary alicyclic amines) is 2. The van der Waals surface area contributed by atoms with E-state index in [9.17, 15) is 22.8 Å². The molecular weight excluding hydrogens is 291 g/mol. The van der Waals surface area contributed by atoms with Gasteiger partial charge in [0.2, 0.25) is 0 Å². The zero-order valence-electron chi connectivity index (χ0n) is 11.4. The molecule has 0 radical (unpaired) electrons. The van der Waals surface area contributed by atoms with Crippen molar-refractivity contribution in [1.82, 2.24) is 9.80 Å². The van der Waals surface area contributed by atoms with Gasteiger partial charge in [0.1, 0.15) is 0 Å². The average Bonchev–Trinajstić information content (AvgIpc) is 2.84. The topological polar surface area (TPSA) is 86.9 Å². The van der Waals surface area contributed by atoms with E-state index in [-0.39, 0.29) is 12.6 Å². The summed E-state index contributed by atoms with van der Waals surface area (Å²) in [6.45, 7) is -0.244. The standard InChI is InChI=1S/C12H18F3N3O3/c13-12(14,15)11(9(19)20)3-6-18(7-11)10(21)17-4-1-8(16)2-5-17/h8H,1-7,16H2,(H,19,20). The maximum Gasteiger partial charge on any atom is 0.406 e. The van der Waals surface area contributed by atoms with Crippen LogP contribution in [-0.2, 0) is 4.79 Å². The van der Waals surface area contributed by atoms with Gasteiger partial charge in [-0.3, -0.25) is 4.79 Å². The van der Waals surface area contributed by atoms with Crippen LogP contribution in [0.5, 0.6) is 0 Å². The lowest BCUT2D eigenvalue weighted by molar-refractivity contribution is -0.227. The highest BCUT2D eigenvalue weighted by Gasteiger charge is 2.64. The second kappa shape index (κ2) is 5.36. The van der Waals surface area contributed by atoms with Gasteiger partial charge in [-0.1, -0.05) is 0 Å². The lowest BCUT2D eigenvalue weighted by Gasteiger charge is -2.34. The van der Waals surface area contributed by atoms with Crippen molar-refractivity contribution in [3.8, 4) is 0 Å². The van der Waals surface area contributed by atoms with Crippen LogP contribution in [0.4, 0.5) is 18.0 Å². The number of carbonyl (C=O) groups is 2. The van der Waals surface area contributed by atoms with Crippen molar-refractivity contribution in [2.24, 2.45) is 11.1 Å². The number of carboxylic acids is 1. The monoisotopic (exact) mass is 309 g/mol. The van der Waals surface area contributed by atoms with E-state index in [2.05, 4.69) is 0 Å². The molecule has 1 unspecified atom stereocenters. The number of amides is 2. The van der Waals surface area contributed by atoms with Crippen LogP contribution >= 0.6 is 0 Å². The molecule has 21 heavy (non-hydrogen) atoms. The lowest BCUT2D eigenvalue weighted by atomic mass is 9.86. The van der Waals surface area contributed by atoms with E-state index < -0.39 is 36.6 Å². The van der Waals surface area contributed by atoms with Gasteiger partial charge in [0.05, 0.1) is 0 Å². The molecule has 1 atom stereocenters. The maximum atomic E-state index is 13.0. The Kier molecular flexibility index (Phi) is 4.05. The van der Waals surface area contributed by atoms with Gasteiger partial charge in [-0.15, -0.1) is 0 Å². The van der Waals surface area contributed by atoms with Gasteiger partial charge < -0.3 is 20.6 Å². The van der Waals surface area contributed by atoms with Crippen LogP contribution in [0.15, 0.2) is 0 Å². The molecule has 9 heteroatoms. The number of carbonyl (C=O) groups excluding carboxylic acids is 1. The first-order valence-electron chi connectivity index (χ1n) is 6.77. The summed E-state index contributed by atoms with van der Waals surface area (Å²) in [7, 11) is 0. The zero-order chi connectivity index (χ0) is 15.8. The largest absolute Gasteiger partial charge is 0.481 e. The molecule has 0 aromatic carbocycles. The minimum absolute atomic E-state index is 0.000846. The summed E-state index contributed by atoms with van der Waals surface area (Å²) in [5.41, 5.74) is 2.86. The number of hydrogen-bond donors (Lipinski definition) is 2. The van der Waals surface area contributed by atoms with Gasteiger partial charge in [-0.25, -0.2) is 4.79 Å². The molecule has 2 aliphatic rings. The molecule has 2 aliphatic heterocycles. The van der Waals surface area contributed by atoms with Crippen LogP contribution in [0, 0.1) is 5.41 Å². The summed E-state index contributed by atoms with van der Waals surface area (Å²) in [5, 5.41) is 8.96. The van der Waals surface area contributed by atoms with Gasteiger partial charge in [-0.2, -0.15) is 13.2 Å². The summed E-state index contributed by atoms with van der Waals surface area (Å²) in [6.07, 6.45) is -4.28. The quantitative estimate of drug-likeness (QED) is 0.752. The minimum Gasteiger partial charge on any atom is -0.481 e. The molecule has 6 nitrogen and oxygen atoms in total. The van der Waals surface area contributed by atoms with E-state index in [1.165, 1.54) is 4.90 Å². The van der Waals surface area contributed by atoms with Gasteiger partial charge in [-0.05, 0) is 19.3 Å². The van der Waals surface area contributed by atoms with E-state index in [4.69, 9.17) is 10.8 Å². The number of halogens is 3. The average molecular weight is 309 g/mol. The number of piperidine rings is 1. The highest BCUT2D eigenvalue weighted by molar-refractivity contribution is 5.80. The number of rotatable bonds is 1. The Labute approximate surface area is 119 Å². The molecule has 3 N–H and O–H groups in total. The third-order valence-electron chi connectivity index (χ3n) is 4.30. The van der Waals surface area contributed by atoms with Crippen LogP contribution in [0.2, 0.25) is 0 Å². The Morgan fingerprint density at radius 1 is 1.14 bits per heavy atom. The van der Waals surface area contributed by atoms with Crippen LogP contribution in [0.1, 0.15) is 19.3 Å². The van der Waals surface area contributed by atoms with Crippen LogP contribution in [0.3, 0.4) is 0 Å². The third-order valence-corrected chi connectivity index (χ3v) is 4.30. The predicted molar refractivity (Wildman–Crippen MR) is 66.5 cm³/mol. The van der Waals surface area contributed by atoms with Crippen molar-refractivity contribution in [2.75, 3.05) is 26.2 Å². The van der Waals surface area contributed by atoms with Crippen molar-refractivity contribution in [1.29, 1.82) is 0 Å². The fourth-order valence-electron chi connectivity index (χ4n) is 2.79. The molecule has 0 bridgehead atoms. The summed E-state index contributed by atoms with van der Waals surface area (Å²) >= 11 is 0. The first-order valence-corrected chi connectivity index (χ1v) is 6.77. The van der Waals surface area contributed by atoms with Crippen LogP contribution in [0.25, 0.3) is 0 Å². The van der Waals surface area contributed by atoms with E-state index >= 15 is 0 Å². The Morgan fingerprint density at radius 3 is 2.14 bits per heavy atom. The minimum atomic E-state index is -4.88. The molecule has 0 saturated carbocycles. The highest BCUT2D eigenvalue weighted by atomic mass is 19.4. The number of nitrogens with two attached hydrogens (primary N) is 1. The lowest BCUT2D eigenvalue weighted by Crippen LogP contribution is -2.51. The first kappa shape index (κ1) is 15.9. The Hall–Kier alpha value is -1.51. The van der Waals surface area contributed by atoms with Gasteiger partial charge in [0, 0.05) is 32.2 Å². The normalized spacial score (nSPS) is 28.0. The Balaban J connectivity index is 2.07. The molecule has 0 aromatic rings. The van der Waals surface area contributed by atoms with Crippen molar-refractivity contribution < 1.29 is 27.9 Å². The van der Waals surface area contributed by atoms with Crippen molar-refractivity contribution in [3.05, 3.63) is 0 Å². The number of hydrogen-bond acceptors (Lipinski definition) is 3. The molecule has 120 valence electrons. The molecule has 2 heterocycles. The smallest absolute Gasteiger partial charge is 0.406 e. The number of alkyl halides is 3. The van der Waals surface area contributed by atoms with Crippen molar-refractivity contribution >= 4 is 12.0 Å². The number of carboxylic acid groups (broad SMARTS) is 1. The molecule has 0 aliphatic carbocycles. The van der Waals surface area contributed by atoms with Crippen LogP contribution in [-0.4, -0.2) is 65.3 Å². The second-order valence-electron chi connectivity index (χ2n) is 5.66. The Morgan fingerprint density at radius 2 is 1.71 bits per heavy atom. The predicted octanol–water partition coefficient (Wildman–Crippen LogP) is 0.868. The molecule has 2 rings (SSSR count). The first-order chi connectivity index (χ1) is 9.67. The number of urea groups is 1. The molecular formula is C12H18F3N3O3. The van der Waals surface area contributed by atoms with Crippen molar-refractivity contribution in [2.45, 2.75) is 31.5 Å². The van der Waals surface area contributed by atoms with E-state index in [1.54, 1.807) is 0 Å². The van der Waals surface area contributed by atoms with Gasteiger partial charge in [0.25, 0.3) is 0 Å². The van der Waals surface area contributed by atoms with E-state index in [0.29, 0.717) is 25.9 Å². The highest BCUT2D eigenvalue weighted by Crippen LogP contribution is 2.45. The molecule has 2 saturated heterocycles. The number of aliphatic carboxylic acids is 1. The number of nitrogens with zero attached hydrogens (tertiary/aromatic N) is 2. The molecule has 2 amide bonds. The Bertz CT molecular complexity index is 435. The fraction of sp³-hybridized carbons (Fsp3) is 0.833. The third kappa shape index (κ3) is 2.78.